The lowest BCUT2D eigenvalue weighted by atomic mass is 10.1. The fraction of sp³-hybridized carbons (Fsp3) is 0.818. The predicted octanol–water partition coefficient (Wildman–Crippen LogP) is 0.992. The highest BCUT2D eigenvalue weighted by Crippen LogP contribution is 2.31. The molecule has 0 radical (unpaired) electrons. The minimum absolute atomic E-state index is 0.122. The summed E-state index contributed by atoms with van der Waals surface area (Å²) in [5.74, 6) is -0.504. The predicted molar refractivity (Wildman–Crippen MR) is 61.0 cm³/mol. The van der Waals surface area contributed by atoms with Crippen molar-refractivity contribution in [2.75, 3.05) is 6.54 Å². The van der Waals surface area contributed by atoms with Gasteiger partial charge in [-0.2, -0.15) is 13.2 Å². The molecule has 2 unspecified atom stereocenters. The van der Waals surface area contributed by atoms with Gasteiger partial charge >= 0.3 is 6.18 Å². The highest BCUT2D eigenvalue weighted by molar-refractivity contribution is 5.03. The molecule has 0 saturated heterocycles. The minimum Gasteiger partial charge on any atom is -0.326 e. The van der Waals surface area contributed by atoms with Gasteiger partial charge in [-0.25, -0.2) is 0 Å². The third-order valence-electron chi connectivity index (χ3n) is 4.04. The molecule has 1 fully saturated rings. The fourth-order valence-electron chi connectivity index (χ4n) is 3.09. The van der Waals surface area contributed by atoms with Crippen molar-refractivity contribution in [3.63, 3.8) is 0 Å². The molecule has 2 heterocycles. The Kier molecular flexibility index (Phi) is 3.01. The van der Waals surface area contributed by atoms with Gasteiger partial charge in [-0.3, -0.25) is 4.90 Å². The van der Waals surface area contributed by atoms with Crippen LogP contribution in [0, 0.1) is 0 Å². The number of aromatic nitrogens is 3. The van der Waals surface area contributed by atoms with Crippen LogP contribution in [0.3, 0.4) is 0 Å². The van der Waals surface area contributed by atoms with Crippen molar-refractivity contribution in [1.82, 2.24) is 19.7 Å². The SMILES string of the molecule is NC1CCCC1N1CCn2c(nnc2C(F)(F)F)C1. The summed E-state index contributed by atoms with van der Waals surface area (Å²) in [4.78, 5) is 2.14. The fourth-order valence-corrected chi connectivity index (χ4v) is 3.09. The van der Waals surface area contributed by atoms with Gasteiger partial charge in [0.05, 0.1) is 6.54 Å². The van der Waals surface area contributed by atoms with E-state index in [1.165, 1.54) is 4.57 Å². The van der Waals surface area contributed by atoms with Crippen molar-refractivity contribution >= 4 is 0 Å². The normalized spacial score (nSPS) is 28.6. The van der Waals surface area contributed by atoms with Crippen LogP contribution >= 0.6 is 0 Å². The van der Waals surface area contributed by atoms with E-state index in [2.05, 4.69) is 15.1 Å². The average molecular weight is 275 g/mol. The molecule has 1 saturated carbocycles. The third-order valence-corrected chi connectivity index (χ3v) is 4.04. The molecule has 2 atom stereocenters. The molecule has 1 aromatic heterocycles. The van der Waals surface area contributed by atoms with E-state index < -0.39 is 12.0 Å². The summed E-state index contributed by atoms with van der Waals surface area (Å²) in [6.45, 7) is 1.26. The second-order valence-electron chi connectivity index (χ2n) is 5.22. The molecule has 5 nitrogen and oxygen atoms in total. The Bertz CT molecular complexity index is 469. The largest absolute Gasteiger partial charge is 0.451 e. The van der Waals surface area contributed by atoms with Crippen LogP contribution in [-0.4, -0.2) is 38.3 Å². The molecular weight excluding hydrogens is 259 g/mol. The standard InChI is InChI=1S/C11H16F3N5/c12-11(13,14)10-17-16-9-6-18(4-5-19(9)10)8-3-1-2-7(8)15/h7-8H,1-6,15H2. The Labute approximate surface area is 108 Å². The summed E-state index contributed by atoms with van der Waals surface area (Å²) in [5, 5.41) is 6.96. The van der Waals surface area contributed by atoms with Crippen LogP contribution in [0.25, 0.3) is 0 Å². The number of nitrogens with zero attached hydrogens (tertiary/aromatic N) is 4. The third kappa shape index (κ3) is 2.23. The molecule has 8 heteroatoms. The van der Waals surface area contributed by atoms with Crippen LogP contribution in [0.2, 0.25) is 0 Å². The number of fused-ring (bicyclic) bond motifs is 1. The van der Waals surface area contributed by atoms with E-state index in [0.717, 1.165) is 19.3 Å². The summed E-state index contributed by atoms with van der Waals surface area (Å²) in [6, 6.07) is 0.386. The van der Waals surface area contributed by atoms with Crippen LogP contribution in [0.4, 0.5) is 13.2 Å². The van der Waals surface area contributed by atoms with Gasteiger partial charge in [0.2, 0.25) is 5.82 Å². The van der Waals surface area contributed by atoms with Gasteiger partial charge in [0.1, 0.15) is 5.82 Å². The van der Waals surface area contributed by atoms with Crippen LogP contribution in [0.15, 0.2) is 0 Å². The molecule has 0 amide bonds. The summed E-state index contributed by atoms with van der Waals surface area (Å²) in [5.41, 5.74) is 6.04. The Morgan fingerprint density at radius 2 is 1.95 bits per heavy atom. The van der Waals surface area contributed by atoms with E-state index in [4.69, 9.17) is 5.73 Å². The molecule has 0 aromatic carbocycles. The smallest absolute Gasteiger partial charge is 0.326 e. The highest BCUT2D eigenvalue weighted by Gasteiger charge is 2.40. The van der Waals surface area contributed by atoms with E-state index >= 15 is 0 Å². The maximum atomic E-state index is 12.7. The van der Waals surface area contributed by atoms with E-state index in [-0.39, 0.29) is 18.6 Å². The molecule has 1 aliphatic heterocycles. The maximum absolute atomic E-state index is 12.7. The monoisotopic (exact) mass is 275 g/mol. The number of nitrogens with two attached hydrogens (primary N) is 1. The number of rotatable bonds is 1. The highest BCUT2D eigenvalue weighted by atomic mass is 19.4. The number of hydrogen-bond donors (Lipinski definition) is 1. The zero-order chi connectivity index (χ0) is 13.6. The minimum atomic E-state index is -4.43. The van der Waals surface area contributed by atoms with Crippen LogP contribution < -0.4 is 5.73 Å². The van der Waals surface area contributed by atoms with Gasteiger partial charge in [-0.1, -0.05) is 6.42 Å². The molecule has 1 aliphatic carbocycles. The number of alkyl halides is 3. The molecule has 0 bridgehead atoms. The Hall–Kier alpha value is -1.15. The lowest BCUT2D eigenvalue weighted by Crippen LogP contribution is -2.47. The van der Waals surface area contributed by atoms with Crippen LogP contribution in [0.1, 0.15) is 30.9 Å². The van der Waals surface area contributed by atoms with Gasteiger partial charge in [-0.15, -0.1) is 10.2 Å². The molecule has 2 aliphatic rings. The van der Waals surface area contributed by atoms with Crippen molar-refractivity contribution in [2.24, 2.45) is 5.73 Å². The van der Waals surface area contributed by atoms with E-state index in [1.807, 2.05) is 0 Å². The summed E-state index contributed by atoms with van der Waals surface area (Å²) >= 11 is 0. The molecule has 3 rings (SSSR count). The van der Waals surface area contributed by atoms with Crippen molar-refractivity contribution in [3.05, 3.63) is 11.6 Å². The summed E-state index contributed by atoms with van der Waals surface area (Å²) in [7, 11) is 0. The topological polar surface area (TPSA) is 60.0 Å². The van der Waals surface area contributed by atoms with Crippen molar-refractivity contribution in [1.29, 1.82) is 0 Å². The lowest BCUT2D eigenvalue weighted by molar-refractivity contribution is -0.148. The Balaban J connectivity index is 1.80. The van der Waals surface area contributed by atoms with E-state index in [1.54, 1.807) is 0 Å². The van der Waals surface area contributed by atoms with Gasteiger partial charge in [0.15, 0.2) is 0 Å². The summed E-state index contributed by atoms with van der Waals surface area (Å²) < 4.78 is 39.3. The van der Waals surface area contributed by atoms with Crippen LogP contribution in [0.5, 0.6) is 0 Å². The zero-order valence-corrected chi connectivity index (χ0v) is 10.4. The first-order chi connectivity index (χ1) is 8.97. The van der Waals surface area contributed by atoms with Crippen molar-refractivity contribution in [2.45, 2.75) is 50.6 Å². The number of halogens is 3. The van der Waals surface area contributed by atoms with Crippen molar-refractivity contribution < 1.29 is 13.2 Å². The maximum Gasteiger partial charge on any atom is 0.451 e. The van der Waals surface area contributed by atoms with Crippen LogP contribution in [-0.2, 0) is 19.3 Å². The quantitative estimate of drug-likeness (QED) is 0.830. The van der Waals surface area contributed by atoms with E-state index in [9.17, 15) is 13.2 Å². The molecule has 106 valence electrons. The van der Waals surface area contributed by atoms with Crippen molar-refractivity contribution in [3.8, 4) is 0 Å². The first-order valence-electron chi connectivity index (χ1n) is 6.45. The first-order valence-corrected chi connectivity index (χ1v) is 6.45. The molecule has 19 heavy (non-hydrogen) atoms. The van der Waals surface area contributed by atoms with Gasteiger partial charge in [-0.05, 0) is 12.8 Å². The molecular formula is C11H16F3N5. The zero-order valence-electron chi connectivity index (χ0n) is 10.4. The number of hydrogen-bond acceptors (Lipinski definition) is 4. The van der Waals surface area contributed by atoms with Gasteiger partial charge in [0.25, 0.3) is 0 Å². The Morgan fingerprint density at radius 3 is 2.58 bits per heavy atom. The molecule has 2 N–H and O–H groups in total. The first kappa shape index (κ1) is 12.9. The molecule has 1 aromatic rings. The second kappa shape index (κ2) is 4.45. The Morgan fingerprint density at radius 1 is 1.16 bits per heavy atom. The molecule has 0 spiro atoms. The van der Waals surface area contributed by atoms with E-state index in [0.29, 0.717) is 18.9 Å². The second-order valence-corrected chi connectivity index (χ2v) is 5.22. The van der Waals surface area contributed by atoms with Gasteiger partial charge in [0, 0.05) is 25.2 Å². The average Bonchev–Trinajstić information content (AvgIpc) is 2.92. The summed E-state index contributed by atoms with van der Waals surface area (Å²) in [6.07, 6.45) is -1.34. The van der Waals surface area contributed by atoms with Gasteiger partial charge < -0.3 is 10.3 Å². The lowest BCUT2D eigenvalue weighted by Gasteiger charge is -2.34.